The number of nitrogens with zero attached hydrogens (tertiary/aromatic N) is 1. The summed E-state index contributed by atoms with van der Waals surface area (Å²) in [6.45, 7) is 1.58. The molecule has 2 bridgehead atoms. The first-order chi connectivity index (χ1) is 17.2. The molecule has 9 nitrogen and oxygen atoms in total. The predicted molar refractivity (Wildman–Crippen MR) is 129 cm³/mol. The molecular weight excluding hydrogens is 484 g/mol. The van der Waals surface area contributed by atoms with Crippen LogP contribution in [0.25, 0.3) is 0 Å². The Hall–Kier alpha value is -2.95. The van der Waals surface area contributed by atoms with Gasteiger partial charge in [0.25, 0.3) is 0 Å². The van der Waals surface area contributed by atoms with E-state index < -0.39 is 40.7 Å². The van der Waals surface area contributed by atoms with Gasteiger partial charge in [-0.15, -0.1) is 11.3 Å². The number of carbonyl (C=O) groups excluding carboxylic acids is 2. The molecule has 1 aromatic heterocycles. The topological polar surface area (TPSA) is 136 Å². The SMILES string of the molecule is O=C(O)c1sccc1NC(=O)C1C[C@@]2(O)[C@H]3Cc4ccc(O)c5c4[C@@]2(CCN3CC2CC2)[C@@H](O5)C1=O. The predicted octanol–water partition coefficient (Wildman–Crippen LogP) is 2.15. The Morgan fingerprint density at radius 1 is 1.25 bits per heavy atom. The van der Waals surface area contributed by atoms with Crippen molar-refractivity contribution in [1.29, 1.82) is 0 Å². The molecule has 0 radical (unpaired) electrons. The van der Waals surface area contributed by atoms with Gasteiger partial charge in [0.15, 0.2) is 23.4 Å². The van der Waals surface area contributed by atoms with Crippen molar-refractivity contribution in [3.63, 3.8) is 0 Å². The zero-order valence-electron chi connectivity index (χ0n) is 19.4. The summed E-state index contributed by atoms with van der Waals surface area (Å²) >= 11 is 0.984. The van der Waals surface area contributed by atoms with Crippen LogP contribution >= 0.6 is 11.3 Å². The van der Waals surface area contributed by atoms with E-state index in [1.54, 1.807) is 11.4 Å². The minimum absolute atomic E-state index is 0.0222. The molecule has 188 valence electrons. The van der Waals surface area contributed by atoms with Crippen molar-refractivity contribution in [2.75, 3.05) is 18.4 Å². The highest BCUT2D eigenvalue weighted by Crippen LogP contribution is 2.65. The fraction of sp³-hybridized carbons (Fsp3) is 0.500. The van der Waals surface area contributed by atoms with Gasteiger partial charge in [0.1, 0.15) is 10.8 Å². The quantitative estimate of drug-likeness (QED) is 0.449. The lowest BCUT2D eigenvalue weighted by Crippen LogP contribution is -2.78. The summed E-state index contributed by atoms with van der Waals surface area (Å²) in [5, 5.41) is 36.8. The average molecular weight is 511 g/mol. The van der Waals surface area contributed by atoms with Gasteiger partial charge < -0.3 is 25.4 Å². The minimum atomic E-state index is -1.42. The standard InChI is InChI=1S/C26H26N2O7S/c29-16-4-3-13-9-17-26(34)10-14(23(31)27-15-5-8-36-21(15)24(32)33)19(30)22-25(26,18(13)20(16)35-22)6-7-28(17)11-12-1-2-12/h3-5,8,12,14,17,22,29,34H,1-2,6-7,9-11H2,(H,27,31)(H,32,33)/t14?,17-,22+,25+,26-/m1/s1. The molecule has 36 heavy (non-hydrogen) atoms. The molecule has 3 heterocycles. The minimum Gasteiger partial charge on any atom is -0.504 e. The van der Waals surface area contributed by atoms with E-state index in [2.05, 4.69) is 10.2 Å². The third kappa shape index (κ3) is 2.75. The fourth-order valence-corrected chi connectivity index (χ4v) is 8.00. The van der Waals surface area contributed by atoms with Gasteiger partial charge in [-0.2, -0.15) is 0 Å². The highest BCUT2D eigenvalue weighted by atomic mass is 32.1. The number of anilines is 1. The van der Waals surface area contributed by atoms with Crippen molar-refractivity contribution in [2.45, 2.75) is 55.3 Å². The Bertz CT molecular complexity index is 1340. The number of likely N-dealkylation sites (tertiary alicyclic amines) is 1. The van der Waals surface area contributed by atoms with Crippen molar-refractivity contribution in [1.82, 2.24) is 4.90 Å². The van der Waals surface area contributed by atoms with Gasteiger partial charge >= 0.3 is 5.97 Å². The molecule has 5 atom stereocenters. The number of phenols is 1. The first-order valence-electron chi connectivity index (χ1n) is 12.4. The summed E-state index contributed by atoms with van der Waals surface area (Å²) in [5.41, 5.74) is -0.623. The zero-order chi connectivity index (χ0) is 25.0. The maximum Gasteiger partial charge on any atom is 0.348 e. The number of benzene rings is 1. The number of thiophene rings is 1. The second kappa shape index (κ2) is 7.30. The Kier molecular flexibility index (Phi) is 4.52. The molecule has 1 spiro atoms. The molecule has 1 unspecified atom stereocenters. The number of ketones is 1. The van der Waals surface area contributed by atoms with Gasteiger partial charge in [0, 0.05) is 18.2 Å². The molecule has 4 N–H and O–H groups in total. The highest BCUT2D eigenvalue weighted by Gasteiger charge is 2.75. The molecule has 3 aliphatic carbocycles. The monoisotopic (exact) mass is 510 g/mol. The van der Waals surface area contributed by atoms with E-state index in [1.807, 2.05) is 6.07 Å². The number of phenolic OH excluding ortho intramolecular Hbond substituents is 1. The van der Waals surface area contributed by atoms with Gasteiger partial charge in [-0.05, 0) is 67.6 Å². The number of aromatic hydroxyl groups is 1. The number of rotatable bonds is 5. The lowest BCUT2D eigenvalue weighted by atomic mass is 9.47. The van der Waals surface area contributed by atoms with Crippen LogP contribution in [0, 0.1) is 11.8 Å². The zero-order valence-corrected chi connectivity index (χ0v) is 20.2. The Balaban J connectivity index is 1.32. The third-order valence-corrected chi connectivity index (χ3v) is 9.97. The molecule has 1 amide bonds. The van der Waals surface area contributed by atoms with E-state index >= 15 is 0 Å². The van der Waals surface area contributed by atoms with Crippen LogP contribution < -0.4 is 10.1 Å². The van der Waals surface area contributed by atoms with Crippen LogP contribution in [0.3, 0.4) is 0 Å². The van der Waals surface area contributed by atoms with Crippen molar-refractivity contribution in [3.05, 3.63) is 39.6 Å². The number of ether oxygens (including phenoxy) is 1. The second-order valence-corrected chi connectivity index (χ2v) is 11.8. The van der Waals surface area contributed by atoms with Crippen molar-refractivity contribution in [3.8, 4) is 11.5 Å². The lowest BCUT2D eigenvalue weighted by molar-refractivity contribution is -0.197. The molecule has 5 aliphatic rings. The molecule has 3 fully saturated rings. The summed E-state index contributed by atoms with van der Waals surface area (Å²) in [6.07, 6.45) is 2.20. The maximum absolute atomic E-state index is 13.9. The van der Waals surface area contributed by atoms with E-state index in [4.69, 9.17) is 4.74 Å². The normalized spacial score (nSPS) is 34.1. The summed E-state index contributed by atoms with van der Waals surface area (Å²) in [7, 11) is 0. The highest BCUT2D eigenvalue weighted by molar-refractivity contribution is 7.12. The van der Waals surface area contributed by atoms with Gasteiger partial charge in [-0.25, -0.2) is 4.79 Å². The van der Waals surface area contributed by atoms with Crippen LogP contribution in [-0.2, 0) is 21.4 Å². The second-order valence-electron chi connectivity index (χ2n) is 10.9. The van der Waals surface area contributed by atoms with E-state index in [0.717, 1.165) is 29.0 Å². The first kappa shape index (κ1) is 22.3. The Morgan fingerprint density at radius 2 is 2.06 bits per heavy atom. The average Bonchev–Trinajstić information content (AvgIpc) is 3.39. The van der Waals surface area contributed by atoms with E-state index in [1.165, 1.54) is 18.9 Å². The van der Waals surface area contributed by atoms with Crippen LogP contribution in [0.2, 0.25) is 0 Å². The molecule has 2 aromatic rings. The van der Waals surface area contributed by atoms with Gasteiger partial charge in [-0.3, -0.25) is 14.5 Å². The molecule has 2 aliphatic heterocycles. The number of carboxylic acids is 1. The van der Waals surface area contributed by atoms with E-state index in [-0.39, 0.29) is 34.5 Å². The molecule has 1 aromatic carbocycles. The Morgan fingerprint density at radius 3 is 2.81 bits per heavy atom. The van der Waals surface area contributed by atoms with Crippen LogP contribution in [0.5, 0.6) is 11.5 Å². The smallest absolute Gasteiger partial charge is 0.348 e. The summed E-state index contributed by atoms with van der Waals surface area (Å²) < 4.78 is 6.14. The first-order valence-corrected chi connectivity index (χ1v) is 13.3. The number of aromatic carboxylic acids is 1. The molecule has 1 saturated heterocycles. The Labute approximate surface area is 210 Å². The van der Waals surface area contributed by atoms with Crippen molar-refractivity contribution >= 4 is 34.7 Å². The van der Waals surface area contributed by atoms with E-state index in [0.29, 0.717) is 25.3 Å². The van der Waals surface area contributed by atoms with Crippen molar-refractivity contribution in [2.24, 2.45) is 11.8 Å². The number of hydrogen-bond acceptors (Lipinski definition) is 8. The third-order valence-electron chi connectivity index (χ3n) is 9.06. The summed E-state index contributed by atoms with van der Waals surface area (Å²) in [5.74, 6) is -2.69. The summed E-state index contributed by atoms with van der Waals surface area (Å²) in [4.78, 5) is 41.1. The lowest BCUT2D eigenvalue weighted by Gasteiger charge is -2.63. The number of amides is 1. The molecule has 2 saturated carbocycles. The number of hydrogen-bond donors (Lipinski definition) is 4. The maximum atomic E-state index is 13.9. The number of nitrogens with one attached hydrogen (secondary N) is 1. The largest absolute Gasteiger partial charge is 0.504 e. The number of Topliss-reactive ketones (excluding diaryl/α,β-unsaturated/α-hetero) is 1. The van der Waals surface area contributed by atoms with Gasteiger partial charge in [0.05, 0.1) is 16.7 Å². The number of carbonyl (C=O) groups is 3. The van der Waals surface area contributed by atoms with Crippen LogP contribution in [0.1, 0.15) is 46.5 Å². The van der Waals surface area contributed by atoms with Crippen LogP contribution in [0.4, 0.5) is 5.69 Å². The van der Waals surface area contributed by atoms with Gasteiger partial charge in [-0.1, -0.05) is 6.07 Å². The van der Waals surface area contributed by atoms with Gasteiger partial charge in [0.2, 0.25) is 5.91 Å². The number of carboxylic acid groups (broad SMARTS) is 1. The molecular formula is C26H26N2O7S. The van der Waals surface area contributed by atoms with E-state index in [9.17, 15) is 29.7 Å². The number of aliphatic hydroxyl groups is 1. The van der Waals surface area contributed by atoms with Crippen LogP contribution in [-0.4, -0.2) is 68.7 Å². The van der Waals surface area contributed by atoms with Crippen LogP contribution in [0.15, 0.2) is 23.6 Å². The summed E-state index contributed by atoms with van der Waals surface area (Å²) in [6, 6.07) is 4.64. The number of piperidine rings is 1. The molecule has 10 heteroatoms. The van der Waals surface area contributed by atoms with Crippen molar-refractivity contribution < 1.29 is 34.4 Å². The fourth-order valence-electron chi connectivity index (χ4n) is 7.32. The molecule has 7 rings (SSSR count).